The standard InChI is InChI=1S/C22H30O2/c1-3-4-5-6-7-8-9-12-18(2)24-22(23)21-16-15-19-13-10-11-14-20(19)17-21/h10-11,13-18H,3-9,12H2,1-2H3/t18-/m0/s1. The Morgan fingerprint density at radius 1 is 0.917 bits per heavy atom. The van der Waals surface area contributed by atoms with Crippen LogP contribution in [0.3, 0.4) is 0 Å². The summed E-state index contributed by atoms with van der Waals surface area (Å²) in [4.78, 5) is 12.3. The number of carbonyl (C=O) groups excluding carboxylic acids is 1. The lowest BCUT2D eigenvalue weighted by Crippen LogP contribution is -2.15. The molecule has 1 atom stereocenters. The summed E-state index contributed by atoms with van der Waals surface area (Å²) in [5.74, 6) is -0.212. The van der Waals surface area contributed by atoms with Crippen molar-refractivity contribution >= 4 is 16.7 Å². The molecule has 0 heterocycles. The first kappa shape index (κ1) is 18.5. The van der Waals surface area contributed by atoms with E-state index in [1.807, 2.05) is 49.4 Å². The van der Waals surface area contributed by atoms with Gasteiger partial charge in [-0.1, -0.05) is 75.8 Å². The number of fused-ring (bicyclic) bond motifs is 1. The number of unbranched alkanes of at least 4 members (excludes halogenated alkanes) is 6. The molecule has 2 aromatic carbocycles. The van der Waals surface area contributed by atoms with E-state index in [0.717, 1.165) is 23.6 Å². The van der Waals surface area contributed by atoms with Crippen molar-refractivity contribution in [1.29, 1.82) is 0 Å². The molecule has 2 heteroatoms. The Labute approximate surface area is 146 Å². The number of benzene rings is 2. The van der Waals surface area contributed by atoms with Crippen LogP contribution in [-0.4, -0.2) is 12.1 Å². The Kier molecular flexibility index (Phi) is 7.81. The molecule has 0 aromatic heterocycles. The van der Waals surface area contributed by atoms with E-state index < -0.39 is 0 Å². The molecule has 0 aliphatic carbocycles. The van der Waals surface area contributed by atoms with Gasteiger partial charge in [0, 0.05) is 0 Å². The van der Waals surface area contributed by atoms with E-state index in [1.54, 1.807) is 0 Å². The molecule has 0 fully saturated rings. The van der Waals surface area contributed by atoms with Crippen molar-refractivity contribution < 1.29 is 9.53 Å². The van der Waals surface area contributed by atoms with E-state index >= 15 is 0 Å². The maximum atomic E-state index is 12.3. The van der Waals surface area contributed by atoms with Crippen molar-refractivity contribution in [2.45, 2.75) is 71.3 Å². The van der Waals surface area contributed by atoms with Crippen molar-refractivity contribution in [3.63, 3.8) is 0 Å². The molecule has 0 aliphatic heterocycles. The van der Waals surface area contributed by atoms with Crippen LogP contribution >= 0.6 is 0 Å². The van der Waals surface area contributed by atoms with Crippen LogP contribution in [0.5, 0.6) is 0 Å². The third-order valence-electron chi connectivity index (χ3n) is 4.51. The molecular formula is C22H30O2. The highest BCUT2D eigenvalue weighted by molar-refractivity contribution is 5.95. The van der Waals surface area contributed by atoms with Crippen LogP contribution in [0.25, 0.3) is 10.8 Å². The van der Waals surface area contributed by atoms with E-state index in [4.69, 9.17) is 4.74 Å². The minimum atomic E-state index is -0.212. The maximum Gasteiger partial charge on any atom is 0.338 e. The van der Waals surface area contributed by atoms with Crippen molar-refractivity contribution in [3.05, 3.63) is 48.0 Å². The maximum absolute atomic E-state index is 12.3. The van der Waals surface area contributed by atoms with Crippen LogP contribution in [0.2, 0.25) is 0 Å². The van der Waals surface area contributed by atoms with Gasteiger partial charge in [-0.05, 0) is 42.7 Å². The molecular weight excluding hydrogens is 296 g/mol. The van der Waals surface area contributed by atoms with Crippen LogP contribution in [0.15, 0.2) is 42.5 Å². The van der Waals surface area contributed by atoms with Crippen LogP contribution in [0.1, 0.15) is 75.6 Å². The average molecular weight is 326 g/mol. The molecule has 2 aromatic rings. The normalized spacial score (nSPS) is 12.2. The van der Waals surface area contributed by atoms with Crippen molar-refractivity contribution in [1.82, 2.24) is 0 Å². The van der Waals surface area contributed by atoms with Crippen LogP contribution < -0.4 is 0 Å². The lowest BCUT2D eigenvalue weighted by atomic mass is 10.1. The zero-order chi connectivity index (χ0) is 17.2. The summed E-state index contributed by atoms with van der Waals surface area (Å²) in [5.41, 5.74) is 0.639. The summed E-state index contributed by atoms with van der Waals surface area (Å²) < 4.78 is 5.59. The van der Waals surface area contributed by atoms with E-state index in [1.165, 1.54) is 38.5 Å². The molecule has 0 aliphatic rings. The third kappa shape index (κ3) is 5.99. The monoisotopic (exact) mass is 326 g/mol. The van der Waals surface area contributed by atoms with Gasteiger partial charge >= 0.3 is 5.97 Å². The van der Waals surface area contributed by atoms with Crippen LogP contribution in [-0.2, 0) is 4.74 Å². The molecule has 0 N–H and O–H groups in total. The molecule has 0 bridgehead atoms. The number of hydrogen-bond donors (Lipinski definition) is 0. The van der Waals surface area contributed by atoms with Crippen molar-refractivity contribution in [2.24, 2.45) is 0 Å². The fourth-order valence-corrected chi connectivity index (χ4v) is 3.01. The van der Waals surface area contributed by atoms with Crippen LogP contribution in [0, 0.1) is 0 Å². The molecule has 0 radical (unpaired) electrons. The Morgan fingerprint density at radius 2 is 1.58 bits per heavy atom. The predicted octanol–water partition coefficient (Wildman–Crippen LogP) is 6.53. The van der Waals surface area contributed by atoms with Gasteiger partial charge in [0.2, 0.25) is 0 Å². The Morgan fingerprint density at radius 3 is 2.33 bits per heavy atom. The molecule has 0 saturated heterocycles. The zero-order valence-electron chi connectivity index (χ0n) is 15.1. The van der Waals surface area contributed by atoms with Gasteiger partial charge in [0.25, 0.3) is 0 Å². The lowest BCUT2D eigenvalue weighted by molar-refractivity contribution is 0.0319. The molecule has 130 valence electrons. The second-order valence-electron chi connectivity index (χ2n) is 6.69. The van der Waals surface area contributed by atoms with Crippen molar-refractivity contribution in [3.8, 4) is 0 Å². The third-order valence-corrected chi connectivity index (χ3v) is 4.51. The Balaban J connectivity index is 1.72. The van der Waals surface area contributed by atoms with E-state index in [0.29, 0.717) is 5.56 Å². The first-order chi connectivity index (χ1) is 11.7. The number of hydrogen-bond acceptors (Lipinski definition) is 2. The van der Waals surface area contributed by atoms with Crippen molar-refractivity contribution in [2.75, 3.05) is 0 Å². The minimum absolute atomic E-state index is 0.0142. The Hall–Kier alpha value is -1.83. The van der Waals surface area contributed by atoms with E-state index in [2.05, 4.69) is 6.92 Å². The lowest BCUT2D eigenvalue weighted by Gasteiger charge is -2.13. The number of rotatable bonds is 10. The fourth-order valence-electron chi connectivity index (χ4n) is 3.01. The van der Waals surface area contributed by atoms with E-state index in [-0.39, 0.29) is 12.1 Å². The molecule has 0 amide bonds. The second kappa shape index (κ2) is 10.1. The van der Waals surface area contributed by atoms with Crippen LogP contribution in [0.4, 0.5) is 0 Å². The summed E-state index contributed by atoms with van der Waals surface area (Å²) in [5, 5.41) is 2.22. The highest BCUT2D eigenvalue weighted by Gasteiger charge is 2.12. The van der Waals surface area contributed by atoms with Gasteiger partial charge < -0.3 is 4.74 Å². The van der Waals surface area contributed by atoms with Gasteiger partial charge in [0.15, 0.2) is 0 Å². The highest BCUT2D eigenvalue weighted by atomic mass is 16.5. The van der Waals surface area contributed by atoms with Gasteiger partial charge in [0.1, 0.15) is 0 Å². The number of ether oxygens (including phenoxy) is 1. The summed E-state index contributed by atoms with van der Waals surface area (Å²) in [6.45, 7) is 4.24. The summed E-state index contributed by atoms with van der Waals surface area (Å²) in [6, 6.07) is 13.8. The predicted molar refractivity (Wildman–Crippen MR) is 101 cm³/mol. The molecule has 24 heavy (non-hydrogen) atoms. The smallest absolute Gasteiger partial charge is 0.338 e. The molecule has 0 spiro atoms. The van der Waals surface area contributed by atoms with Gasteiger partial charge in [-0.3, -0.25) is 0 Å². The number of carbonyl (C=O) groups is 1. The summed E-state index contributed by atoms with van der Waals surface area (Å²) >= 11 is 0. The largest absolute Gasteiger partial charge is 0.459 e. The quantitative estimate of drug-likeness (QED) is 0.366. The molecule has 0 unspecified atom stereocenters. The molecule has 0 saturated carbocycles. The highest BCUT2D eigenvalue weighted by Crippen LogP contribution is 2.17. The van der Waals surface area contributed by atoms with Gasteiger partial charge in [-0.2, -0.15) is 0 Å². The average Bonchev–Trinajstić information content (AvgIpc) is 2.60. The second-order valence-corrected chi connectivity index (χ2v) is 6.69. The fraction of sp³-hybridized carbons (Fsp3) is 0.500. The number of esters is 1. The zero-order valence-corrected chi connectivity index (χ0v) is 15.1. The molecule has 2 rings (SSSR count). The summed E-state index contributed by atoms with van der Waals surface area (Å²) in [7, 11) is 0. The minimum Gasteiger partial charge on any atom is -0.459 e. The van der Waals surface area contributed by atoms with Gasteiger partial charge in [-0.15, -0.1) is 0 Å². The topological polar surface area (TPSA) is 26.3 Å². The first-order valence-electron chi connectivity index (χ1n) is 9.40. The summed E-state index contributed by atoms with van der Waals surface area (Å²) in [6.07, 6.45) is 9.93. The first-order valence-corrected chi connectivity index (χ1v) is 9.40. The SMILES string of the molecule is CCCCCCCCC[C@H](C)OC(=O)c1ccc2ccccc2c1. The van der Waals surface area contributed by atoms with Gasteiger partial charge in [-0.25, -0.2) is 4.79 Å². The van der Waals surface area contributed by atoms with E-state index in [9.17, 15) is 4.79 Å². The molecule has 2 nitrogen and oxygen atoms in total. The Bertz CT molecular complexity index is 633. The van der Waals surface area contributed by atoms with Gasteiger partial charge in [0.05, 0.1) is 11.7 Å².